The predicted molar refractivity (Wildman–Crippen MR) is 150 cm³/mol. The number of fused-ring (bicyclic) bond motifs is 1. The molecule has 3 heterocycles. The second-order valence-corrected chi connectivity index (χ2v) is 11.0. The van der Waals surface area contributed by atoms with Crippen molar-refractivity contribution in [2.24, 2.45) is 4.99 Å². The summed E-state index contributed by atoms with van der Waals surface area (Å²) in [6, 6.07) is 16.1. The van der Waals surface area contributed by atoms with Crippen molar-refractivity contribution in [2.75, 3.05) is 19.5 Å². The zero-order valence-electron chi connectivity index (χ0n) is 20.2. The lowest BCUT2D eigenvalue weighted by molar-refractivity contribution is -0.113. The van der Waals surface area contributed by atoms with Crippen molar-refractivity contribution < 1.29 is 14.3 Å². The summed E-state index contributed by atoms with van der Waals surface area (Å²) in [7, 11) is 3.15. The Labute approximate surface area is 229 Å². The number of anilines is 1. The number of carbonyl (C=O) groups is 1. The Balaban J connectivity index is 1.66. The maximum Gasteiger partial charge on any atom is 0.271 e. The van der Waals surface area contributed by atoms with E-state index >= 15 is 0 Å². The van der Waals surface area contributed by atoms with Crippen molar-refractivity contribution in [2.45, 2.75) is 13.0 Å². The molecule has 10 heteroatoms. The summed E-state index contributed by atoms with van der Waals surface area (Å²) in [5.74, 6) is 0.901. The number of benzene rings is 2. The Bertz CT molecular complexity index is 1690. The van der Waals surface area contributed by atoms with Crippen LogP contribution < -0.4 is 29.7 Å². The summed E-state index contributed by atoms with van der Waals surface area (Å²) < 4.78 is 13.7. The van der Waals surface area contributed by atoms with E-state index < -0.39 is 6.04 Å². The second-order valence-electron chi connectivity index (χ2n) is 8.15. The normalized spacial score (nSPS) is 15.2. The monoisotopic (exact) mass is 595 g/mol. The van der Waals surface area contributed by atoms with Crippen molar-refractivity contribution in [1.82, 2.24) is 4.57 Å². The van der Waals surface area contributed by atoms with Crippen molar-refractivity contribution in [3.63, 3.8) is 0 Å². The number of thiophene rings is 1. The Morgan fingerprint density at radius 3 is 2.54 bits per heavy atom. The average molecular weight is 597 g/mol. The molecule has 1 N–H and O–H groups in total. The fourth-order valence-corrected chi connectivity index (χ4v) is 6.57. The molecule has 2 aromatic heterocycles. The molecule has 1 unspecified atom stereocenters. The number of ether oxygens (including phenoxy) is 2. The molecule has 0 aliphatic carbocycles. The predicted octanol–water partition coefficient (Wildman–Crippen LogP) is 4.72. The van der Waals surface area contributed by atoms with Crippen LogP contribution in [0.25, 0.3) is 6.08 Å². The van der Waals surface area contributed by atoms with E-state index in [0.29, 0.717) is 43.4 Å². The quantitative estimate of drug-likeness (QED) is 0.350. The molecule has 1 aliphatic rings. The number of aromatic nitrogens is 1. The van der Waals surface area contributed by atoms with Crippen molar-refractivity contribution >= 4 is 56.3 Å². The van der Waals surface area contributed by atoms with E-state index in [1.165, 1.54) is 22.7 Å². The first-order valence-electron chi connectivity index (χ1n) is 11.2. The van der Waals surface area contributed by atoms with Gasteiger partial charge in [0.05, 0.1) is 34.5 Å². The summed E-state index contributed by atoms with van der Waals surface area (Å²) in [6.45, 7) is 1.81. The van der Waals surface area contributed by atoms with Gasteiger partial charge in [0, 0.05) is 22.2 Å². The molecule has 2 aromatic carbocycles. The molecule has 37 heavy (non-hydrogen) atoms. The van der Waals surface area contributed by atoms with Gasteiger partial charge in [-0.25, -0.2) is 4.99 Å². The lowest BCUT2D eigenvalue weighted by Gasteiger charge is -2.24. The van der Waals surface area contributed by atoms with Gasteiger partial charge in [0.25, 0.3) is 11.5 Å². The molecule has 1 aliphatic heterocycles. The summed E-state index contributed by atoms with van der Waals surface area (Å²) in [5.41, 5.74) is 2.17. The van der Waals surface area contributed by atoms with Crippen LogP contribution in [0.5, 0.6) is 11.5 Å². The van der Waals surface area contributed by atoms with Gasteiger partial charge >= 0.3 is 0 Å². The molecule has 0 saturated heterocycles. The van der Waals surface area contributed by atoms with Crippen LogP contribution in [-0.4, -0.2) is 24.7 Å². The number of amides is 1. The summed E-state index contributed by atoms with van der Waals surface area (Å²) in [4.78, 5) is 33.4. The van der Waals surface area contributed by atoms with E-state index in [1.807, 2.05) is 53.9 Å². The maximum absolute atomic E-state index is 13.8. The van der Waals surface area contributed by atoms with Gasteiger partial charge in [-0.3, -0.25) is 14.2 Å². The fraction of sp³-hybridized carbons (Fsp3) is 0.148. The second kappa shape index (κ2) is 10.5. The molecular formula is C27H22BrN3O4S2. The standard InChI is InChI=1S/C27H22BrN3O4S2/c1-15-23(25(32)30-17-8-5-4-6-9-17)24(21-10-7-11-36-21)31-26(33)22(37-27(31)29-15)13-16-12-18(28)20(35-3)14-19(16)34-2/h4-14,24H,1-3H3,(H,30,32)/b22-13-. The van der Waals surface area contributed by atoms with Crippen molar-refractivity contribution in [3.05, 3.63) is 106 Å². The molecule has 7 nitrogen and oxygen atoms in total. The third kappa shape index (κ3) is 4.79. The first kappa shape index (κ1) is 25.2. The lowest BCUT2D eigenvalue weighted by atomic mass is 10.0. The first-order valence-corrected chi connectivity index (χ1v) is 13.7. The number of nitrogens with one attached hydrogen (secondary N) is 1. The van der Waals surface area contributed by atoms with E-state index in [1.54, 1.807) is 37.9 Å². The molecule has 0 fully saturated rings. The zero-order chi connectivity index (χ0) is 26.1. The molecule has 1 amide bonds. The topological polar surface area (TPSA) is 81.9 Å². The van der Waals surface area contributed by atoms with Crippen LogP contribution >= 0.6 is 38.6 Å². The van der Waals surface area contributed by atoms with Gasteiger partial charge in [0.15, 0.2) is 4.80 Å². The summed E-state index contributed by atoms with van der Waals surface area (Å²) in [5, 5.41) is 4.89. The minimum absolute atomic E-state index is 0.228. The number of carbonyl (C=O) groups excluding carboxylic acids is 1. The van der Waals surface area contributed by atoms with Gasteiger partial charge < -0.3 is 14.8 Å². The Morgan fingerprint density at radius 2 is 1.86 bits per heavy atom. The molecule has 0 spiro atoms. The smallest absolute Gasteiger partial charge is 0.271 e. The molecule has 4 aromatic rings. The molecule has 0 saturated carbocycles. The van der Waals surface area contributed by atoms with Gasteiger partial charge in [0.1, 0.15) is 17.5 Å². The lowest BCUT2D eigenvalue weighted by Crippen LogP contribution is -2.40. The maximum atomic E-state index is 13.8. The van der Waals surface area contributed by atoms with Gasteiger partial charge in [-0.15, -0.1) is 11.3 Å². The van der Waals surface area contributed by atoms with Gasteiger partial charge in [-0.2, -0.15) is 0 Å². The molecule has 5 rings (SSSR count). The highest BCUT2D eigenvalue weighted by atomic mass is 79.9. The number of nitrogens with zero attached hydrogens (tertiary/aromatic N) is 2. The first-order chi connectivity index (χ1) is 17.9. The number of para-hydroxylation sites is 1. The van der Waals surface area contributed by atoms with Gasteiger partial charge in [-0.05, 0) is 58.6 Å². The summed E-state index contributed by atoms with van der Waals surface area (Å²) >= 11 is 6.28. The summed E-state index contributed by atoms with van der Waals surface area (Å²) in [6.07, 6.45) is 1.78. The number of hydrogen-bond donors (Lipinski definition) is 1. The van der Waals surface area contributed by atoms with Crippen LogP contribution in [0, 0.1) is 0 Å². The van der Waals surface area contributed by atoms with Crippen molar-refractivity contribution in [3.8, 4) is 11.5 Å². The number of rotatable bonds is 6. The van der Waals surface area contributed by atoms with Gasteiger partial charge in [-0.1, -0.05) is 35.6 Å². The van der Waals surface area contributed by atoms with E-state index in [2.05, 4.69) is 26.2 Å². The van der Waals surface area contributed by atoms with Crippen LogP contribution in [0.2, 0.25) is 0 Å². The molecule has 0 bridgehead atoms. The molecule has 188 valence electrons. The SMILES string of the molecule is COc1cc(OC)c(/C=c2\sc3n(c2=O)C(c2cccs2)C(C(=O)Nc2ccccc2)=C(C)N=3)cc1Br. The molecule has 1 atom stereocenters. The largest absolute Gasteiger partial charge is 0.496 e. The number of methoxy groups -OCH3 is 2. The van der Waals surface area contributed by atoms with E-state index in [0.717, 1.165) is 9.35 Å². The highest BCUT2D eigenvalue weighted by molar-refractivity contribution is 9.10. The minimum atomic E-state index is -0.591. The third-order valence-corrected chi connectivity index (χ3v) is 8.43. The number of hydrogen-bond acceptors (Lipinski definition) is 7. The zero-order valence-corrected chi connectivity index (χ0v) is 23.4. The number of thiazole rings is 1. The van der Waals surface area contributed by atoms with Crippen molar-refractivity contribution in [1.29, 1.82) is 0 Å². The van der Waals surface area contributed by atoms with Crippen LogP contribution in [-0.2, 0) is 4.79 Å². The molecular weight excluding hydrogens is 574 g/mol. The number of halogens is 1. The Morgan fingerprint density at radius 1 is 1.11 bits per heavy atom. The molecule has 0 radical (unpaired) electrons. The van der Waals surface area contributed by atoms with Crippen LogP contribution in [0.4, 0.5) is 5.69 Å². The van der Waals surface area contributed by atoms with E-state index in [-0.39, 0.29) is 11.5 Å². The fourth-order valence-electron chi connectivity index (χ4n) is 4.19. The highest BCUT2D eigenvalue weighted by Crippen LogP contribution is 2.34. The number of allylic oxidation sites excluding steroid dienone is 1. The van der Waals surface area contributed by atoms with Gasteiger partial charge in [0.2, 0.25) is 0 Å². The van der Waals surface area contributed by atoms with Crippen LogP contribution in [0.3, 0.4) is 0 Å². The van der Waals surface area contributed by atoms with E-state index in [4.69, 9.17) is 9.47 Å². The average Bonchev–Trinajstić information content (AvgIpc) is 3.52. The van der Waals surface area contributed by atoms with E-state index in [9.17, 15) is 9.59 Å². The van der Waals surface area contributed by atoms with Crippen LogP contribution in [0.1, 0.15) is 23.4 Å². The Kier molecular flexibility index (Phi) is 7.14. The minimum Gasteiger partial charge on any atom is -0.496 e. The highest BCUT2D eigenvalue weighted by Gasteiger charge is 2.33. The Hall–Kier alpha value is -3.47. The third-order valence-electron chi connectivity index (χ3n) is 5.90. The van der Waals surface area contributed by atoms with Crippen LogP contribution in [0.15, 0.2) is 85.5 Å².